The van der Waals surface area contributed by atoms with Crippen molar-refractivity contribution in [2.45, 2.75) is 25.8 Å². The van der Waals surface area contributed by atoms with Gasteiger partial charge in [0.05, 0.1) is 39.7 Å². The number of methoxy groups -OCH3 is 4. The molecule has 1 heterocycles. The number of aryl methyl sites for hydroxylation is 1. The van der Waals surface area contributed by atoms with E-state index in [-0.39, 0.29) is 5.91 Å². The molecule has 1 amide bonds. The third kappa shape index (κ3) is 4.71. The maximum absolute atomic E-state index is 13.4. The molecule has 8 heteroatoms. The summed E-state index contributed by atoms with van der Waals surface area (Å²) in [6, 6.07) is 11.1. The van der Waals surface area contributed by atoms with Gasteiger partial charge >= 0.3 is 0 Å². The third-order valence-electron chi connectivity index (χ3n) is 5.71. The summed E-state index contributed by atoms with van der Waals surface area (Å²) in [6.45, 7) is 0.561. The molecule has 0 radical (unpaired) electrons. The molecule has 0 spiro atoms. The van der Waals surface area contributed by atoms with Gasteiger partial charge in [0.1, 0.15) is 16.5 Å². The summed E-state index contributed by atoms with van der Waals surface area (Å²) in [5.41, 5.74) is 3.49. The van der Waals surface area contributed by atoms with E-state index < -0.39 is 0 Å². The number of nitrogens with one attached hydrogen (secondary N) is 2. The van der Waals surface area contributed by atoms with Crippen molar-refractivity contribution >= 4 is 27.9 Å². The van der Waals surface area contributed by atoms with Gasteiger partial charge in [0.25, 0.3) is 5.91 Å². The average Bonchev–Trinajstić information content (AvgIpc) is 3.43. The van der Waals surface area contributed by atoms with Crippen molar-refractivity contribution in [2.24, 2.45) is 0 Å². The number of anilines is 2. The number of fused-ring (bicyclic) bond motifs is 1. The first kappa shape index (κ1) is 22.8. The first-order valence-corrected chi connectivity index (χ1v) is 11.5. The van der Waals surface area contributed by atoms with Crippen LogP contribution in [0.15, 0.2) is 36.4 Å². The lowest BCUT2D eigenvalue weighted by Crippen LogP contribution is -2.15. The number of ether oxygens (including phenoxy) is 4. The van der Waals surface area contributed by atoms with Crippen LogP contribution in [0.1, 0.15) is 32.8 Å². The maximum Gasteiger partial charge on any atom is 0.259 e. The fourth-order valence-electron chi connectivity index (χ4n) is 4.03. The Morgan fingerprint density at radius 3 is 2.42 bits per heavy atom. The van der Waals surface area contributed by atoms with Gasteiger partial charge in [-0.15, -0.1) is 11.3 Å². The monoisotopic (exact) mass is 468 g/mol. The van der Waals surface area contributed by atoms with Crippen LogP contribution < -0.4 is 29.6 Å². The molecule has 0 saturated heterocycles. The molecule has 174 valence electrons. The lowest BCUT2D eigenvalue weighted by molar-refractivity contribution is 0.102. The van der Waals surface area contributed by atoms with Crippen molar-refractivity contribution in [3.05, 3.63) is 58.0 Å². The van der Waals surface area contributed by atoms with Gasteiger partial charge in [-0.1, -0.05) is 6.07 Å². The molecule has 0 bridgehead atoms. The standard InChI is InChI=1S/C25H28N2O5S/c1-29-16-9-10-18(20(13-16)31-3)27-24(28)23-17-6-5-7-22(17)33-25(23)26-14-15-8-11-19(30-2)21(12-15)32-4/h8-13,26H,5-7,14H2,1-4H3,(H,27,28). The van der Waals surface area contributed by atoms with Crippen LogP contribution in [0.5, 0.6) is 23.0 Å². The molecule has 1 aliphatic carbocycles. The van der Waals surface area contributed by atoms with Gasteiger partial charge in [0.2, 0.25) is 0 Å². The largest absolute Gasteiger partial charge is 0.497 e. The molecule has 4 rings (SSSR count). The van der Waals surface area contributed by atoms with Crippen LogP contribution in [-0.4, -0.2) is 34.3 Å². The summed E-state index contributed by atoms with van der Waals surface area (Å²) in [6.07, 6.45) is 2.99. The molecule has 1 aromatic heterocycles. The zero-order valence-electron chi connectivity index (χ0n) is 19.2. The van der Waals surface area contributed by atoms with Crippen molar-refractivity contribution in [3.8, 4) is 23.0 Å². The number of amides is 1. The Kier molecular flexibility index (Phi) is 6.93. The number of carbonyl (C=O) groups excluding carboxylic acids is 1. The Balaban J connectivity index is 1.58. The van der Waals surface area contributed by atoms with Crippen LogP contribution in [0.4, 0.5) is 10.7 Å². The number of hydrogen-bond acceptors (Lipinski definition) is 7. The minimum Gasteiger partial charge on any atom is -0.497 e. The SMILES string of the molecule is COc1ccc(NC(=O)c2c(NCc3ccc(OC)c(OC)c3)sc3c2CCC3)c(OC)c1. The summed E-state index contributed by atoms with van der Waals surface area (Å²) in [5.74, 6) is 2.43. The van der Waals surface area contributed by atoms with Crippen LogP contribution >= 0.6 is 11.3 Å². The first-order chi connectivity index (χ1) is 16.1. The second-order valence-corrected chi connectivity index (χ2v) is 8.73. The summed E-state index contributed by atoms with van der Waals surface area (Å²) in [7, 11) is 6.40. The smallest absolute Gasteiger partial charge is 0.259 e. The van der Waals surface area contributed by atoms with Crippen molar-refractivity contribution in [2.75, 3.05) is 39.1 Å². The minimum atomic E-state index is -0.146. The van der Waals surface area contributed by atoms with E-state index in [4.69, 9.17) is 18.9 Å². The molecular weight excluding hydrogens is 440 g/mol. The second kappa shape index (κ2) is 10.0. The fourth-order valence-corrected chi connectivity index (χ4v) is 5.31. The highest BCUT2D eigenvalue weighted by Gasteiger charge is 2.27. The Bertz CT molecular complexity index is 1160. The predicted molar refractivity (Wildman–Crippen MR) is 131 cm³/mol. The lowest BCUT2D eigenvalue weighted by atomic mass is 10.1. The second-order valence-electron chi connectivity index (χ2n) is 7.62. The minimum absolute atomic E-state index is 0.146. The summed E-state index contributed by atoms with van der Waals surface area (Å²) >= 11 is 1.66. The van der Waals surface area contributed by atoms with Crippen molar-refractivity contribution in [1.82, 2.24) is 0 Å². The van der Waals surface area contributed by atoms with E-state index in [1.165, 1.54) is 4.88 Å². The Hall–Kier alpha value is -3.39. The van der Waals surface area contributed by atoms with E-state index in [1.807, 2.05) is 18.2 Å². The maximum atomic E-state index is 13.4. The van der Waals surface area contributed by atoms with Gasteiger partial charge in [-0.3, -0.25) is 4.79 Å². The van der Waals surface area contributed by atoms with Crippen molar-refractivity contribution < 1.29 is 23.7 Å². The van der Waals surface area contributed by atoms with Gasteiger partial charge in [0, 0.05) is 17.5 Å². The van der Waals surface area contributed by atoms with Crippen LogP contribution in [0, 0.1) is 0 Å². The van der Waals surface area contributed by atoms with Gasteiger partial charge in [0.15, 0.2) is 11.5 Å². The highest BCUT2D eigenvalue weighted by Crippen LogP contribution is 2.40. The van der Waals surface area contributed by atoms with E-state index in [2.05, 4.69) is 10.6 Å². The van der Waals surface area contributed by atoms with Crippen LogP contribution in [0.25, 0.3) is 0 Å². The fraction of sp³-hybridized carbons (Fsp3) is 0.320. The van der Waals surface area contributed by atoms with E-state index in [0.717, 1.165) is 35.4 Å². The Morgan fingerprint density at radius 1 is 0.909 bits per heavy atom. The Morgan fingerprint density at radius 2 is 1.70 bits per heavy atom. The molecule has 0 atom stereocenters. The third-order valence-corrected chi connectivity index (χ3v) is 6.96. The van der Waals surface area contributed by atoms with Gasteiger partial charge < -0.3 is 29.6 Å². The summed E-state index contributed by atoms with van der Waals surface area (Å²) in [4.78, 5) is 14.7. The highest BCUT2D eigenvalue weighted by atomic mass is 32.1. The quantitative estimate of drug-likeness (QED) is 0.453. The van der Waals surface area contributed by atoms with Crippen LogP contribution in [0.3, 0.4) is 0 Å². The summed E-state index contributed by atoms with van der Waals surface area (Å²) < 4.78 is 21.4. The normalized spacial score (nSPS) is 12.1. The predicted octanol–water partition coefficient (Wildman–Crippen LogP) is 5.14. The zero-order valence-corrected chi connectivity index (χ0v) is 20.1. The number of rotatable bonds is 9. The van der Waals surface area contributed by atoms with E-state index >= 15 is 0 Å². The van der Waals surface area contributed by atoms with E-state index in [1.54, 1.807) is 58.0 Å². The number of hydrogen-bond donors (Lipinski definition) is 2. The summed E-state index contributed by atoms with van der Waals surface area (Å²) in [5, 5.41) is 7.37. The molecule has 2 N–H and O–H groups in total. The van der Waals surface area contributed by atoms with Crippen molar-refractivity contribution in [1.29, 1.82) is 0 Å². The number of carbonyl (C=O) groups is 1. The molecular formula is C25H28N2O5S. The highest BCUT2D eigenvalue weighted by molar-refractivity contribution is 7.16. The van der Waals surface area contributed by atoms with Crippen LogP contribution in [-0.2, 0) is 19.4 Å². The molecule has 2 aromatic carbocycles. The van der Waals surface area contributed by atoms with Gasteiger partial charge in [-0.05, 0) is 54.7 Å². The lowest BCUT2D eigenvalue weighted by Gasteiger charge is -2.14. The molecule has 0 unspecified atom stereocenters. The van der Waals surface area contributed by atoms with Crippen molar-refractivity contribution in [3.63, 3.8) is 0 Å². The Labute approximate surface area is 197 Å². The van der Waals surface area contributed by atoms with Crippen LogP contribution in [0.2, 0.25) is 0 Å². The van der Waals surface area contributed by atoms with E-state index in [0.29, 0.717) is 40.8 Å². The average molecular weight is 469 g/mol. The van der Waals surface area contributed by atoms with Gasteiger partial charge in [-0.25, -0.2) is 0 Å². The molecule has 3 aromatic rings. The van der Waals surface area contributed by atoms with Gasteiger partial charge in [-0.2, -0.15) is 0 Å². The molecule has 33 heavy (non-hydrogen) atoms. The zero-order chi connectivity index (χ0) is 23.4. The number of benzene rings is 2. The molecule has 7 nitrogen and oxygen atoms in total. The topological polar surface area (TPSA) is 78.1 Å². The molecule has 0 fully saturated rings. The first-order valence-electron chi connectivity index (χ1n) is 10.7. The molecule has 0 saturated carbocycles. The number of thiophene rings is 1. The van der Waals surface area contributed by atoms with E-state index in [9.17, 15) is 4.79 Å². The molecule has 0 aliphatic heterocycles. The molecule has 1 aliphatic rings.